The Balaban J connectivity index is 1.86. The lowest BCUT2D eigenvalue weighted by atomic mass is 10.0. The van der Waals surface area contributed by atoms with Gasteiger partial charge in [-0.3, -0.25) is 9.59 Å². The van der Waals surface area contributed by atoms with Crippen molar-refractivity contribution in [3.8, 4) is 0 Å². The molecule has 2 rings (SSSR count). The molecule has 5 nitrogen and oxygen atoms in total. The number of alkyl halides is 2. The molecule has 1 aliphatic carbocycles. The summed E-state index contributed by atoms with van der Waals surface area (Å²) in [5, 5.41) is 14.3. The first kappa shape index (κ1) is 17.3. The maximum Gasteiger partial charge on any atom is 0.353 e. The zero-order valence-corrected chi connectivity index (χ0v) is 12.6. The lowest BCUT2D eigenvalue weighted by molar-refractivity contribution is -0.164. The zero-order chi connectivity index (χ0) is 16.9. The number of aliphatic hydroxyl groups excluding tert-OH is 1. The van der Waals surface area contributed by atoms with E-state index in [0.29, 0.717) is 0 Å². The van der Waals surface area contributed by atoms with E-state index in [2.05, 4.69) is 5.32 Å². The second-order valence-corrected chi connectivity index (χ2v) is 5.67. The molecule has 2 amide bonds. The van der Waals surface area contributed by atoms with Crippen LogP contribution in [0.3, 0.4) is 0 Å². The topological polar surface area (TPSA) is 78.4 Å². The predicted octanol–water partition coefficient (Wildman–Crippen LogP) is 1.53. The molecule has 0 heterocycles. The van der Waals surface area contributed by atoms with Gasteiger partial charge in [-0.05, 0) is 18.4 Å². The summed E-state index contributed by atoms with van der Waals surface area (Å²) in [5.41, 5.74) is -0.0666. The van der Waals surface area contributed by atoms with Gasteiger partial charge >= 0.3 is 5.92 Å². The molecule has 1 aromatic rings. The molecule has 1 fully saturated rings. The van der Waals surface area contributed by atoms with Crippen LogP contribution in [-0.2, 0) is 9.59 Å². The molecule has 23 heavy (non-hydrogen) atoms. The van der Waals surface area contributed by atoms with Crippen LogP contribution < -0.4 is 10.6 Å². The van der Waals surface area contributed by atoms with E-state index in [0.717, 1.165) is 25.7 Å². The molecule has 0 aliphatic heterocycles. The van der Waals surface area contributed by atoms with Crippen LogP contribution in [0.15, 0.2) is 30.3 Å². The maximum absolute atomic E-state index is 14.0. The summed E-state index contributed by atoms with van der Waals surface area (Å²) in [6, 6.07) is 7.25. The number of hydrogen-bond acceptors (Lipinski definition) is 3. The molecule has 3 N–H and O–H groups in total. The van der Waals surface area contributed by atoms with Gasteiger partial charge in [0.05, 0.1) is 6.54 Å². The Hall–Kier alpha value is -2.02. The number of carbonyl (C=O) groups is 2. The molecule has 0 unspecified atom stereocenters. The summed E-state index contributed by atoms with van der Waals surface area (Å²) in [4.78, 5) is 23.3. The van der Waals surface area contributed by atoms with Crippen LogP contribution in [0.5, 0.6) is 0 Å². The Morgan fingerprint density at radius 2 is 1.83 bits per heavy atom. The van der Waals surface area contributed by atoms with Crippen molar-refractivity contribution in [3.63, 3.8) is 0 Å². The van der Waals surface area contributed by atoms with Gasteiger partial charge in [0, 0.05) is 6.04 Å². The highest BCUT2D eigenvalue weighted by Gasteiger charge is 2.47. The third kappa shape index (κ3) is 4.48. The quantitative estimate of drug-likeness (QED) is 0.742. The normalized spacial score (nSPS) is 16.8. The minimum absolute atomic E-state index is 0.0508. The lowest BCUT2D eigenvalue weighted by Gasteiger charge is -2.22. The van der Waals surface area contributed by atoms with E-state index in [-0.39, 0.29) is 11.6 Å². The highest BCUT2D eigenvalue weighted by Crippen LogP contribution is 2.31. The minimum Gasteiger partial charge on any atom is -0.381 e. The minimum atomic E-state index is -4.02. The average molecular weight is 326 g/mol. The summed E-state index contributed by atoms with van der Waals surface area (Å²) in [6.07, 6.45) is 1.52. The molecule has 1 aromatic carbocycles. The number of halogens is 2. The van der Waals surface area contributed by atoms with Crippen LogP contribution in [0.4, 0.5) is 8.78 Å². The highest BCUT2D eigenvalue weighted by molar-refractivity contribution is 5.89. The number of rotatable bonds is 6. The van der Waals surface area contributed by atoms with E-state index < -0.39 is 30.4 Å². The van der Waals surface area contributed by atoms with Crippen LogP contribution >= 0.6 is 0 Å². The van der Waals surface area contributed by atoms with E-state index >= 15 is 0 Å². The monoisotopic (exact) mass is 326 g/mol. The summed E-state index contributed by atoms with van der Waals surface area (Å²) >= 11 is 0. The van der Waals surface area contributed by atoms with E-state index in [1.54, 1.807) is 6.07 Å². The van der Waals surface area contributed by atoms with Crippen LogP contribution in [0.25, 0.3) is 0 Å². The first-order valence-electron chi connectivity index (χ1n) is 7.59. The van der Waals surface area contributed by atoms with Crippen molar-refractivity contribution in [2.45, 2.75) is 43.8 Å². The summed E-state index contributed by atoms with van der Waals surface area (Å²) in [5.74, 6) is -6.19. The summed E-state index contributed by atoms with van der Waals surface area (Å²) in [7, 11) is 0. The third-order valence-corrected chi connectivity index (χ3v) is 3.89. The first-order chi connectivity index (χ1) is 10.9. The standard InChI is InChI=1S/C16H20F2N2O3/c17-16(18,14(22)11-6-2-1-3-7-11)15(23)19-10-13(21)20-12-8-4-5-9-12/h1-3,6-7,12,14,22H,4-5,8-10H2,(H,19,23)(H,20,21)/t14-/m1/s1. The zero-order valence-electron chi connectivity index (χ0n) is 12.6. The van der Waals surface area contributed by atoms with Gasteiger partial charge in [0.1, 0.15) is 0 Å². The molecule has 1 saturated carbocycles. The highest BCUT2D eigenvalue weighted by atomic mass is 19.3. The van der Waals surface area contributed by atoms with Crippen molar-refractivity contribution in [1.29, 1.82) is 0 Å². The van der Waals surface area contributed by atoms with E-state index in [1.807, 2.05) is 5.32 Å². The van der Waals surface area contributed by atoms with Gasteiger partial charge in [0.25, 0.3) is 5.91 Å². The van der Waals surface area contributed by atoms with E-state index in [4.69, 9.17) is 0 Å². The summed E-state index contributed by atoms with van der Waals surface area (Å²) < 4.78 is 27.9. The molecule has 0 spiro atoms. The van der Waals surface area contributed by atoms with Crippen LogP contribution in [0.2, 0.25) is 0 Å². The second-order valence-electron chi connectivity index (χ2n) is 5.67. The van der Waals surface area contributed by atoms with Crippen molar-refractivity contribution in [3.05, 3.63) is 35.9 Å². The SMILES string of the molecule is O=C(CNC(=O)C(F)(F)[C@H](O)c1ccccc1)NC1CCCC1. The van der Waals surface area contributed by atoms with Gasteiger partial charge < -0.3 is 15.7 Å². The van der Waals surface area contributed by atoms with Gasteiger partial charge in [-0.15, -0.1) is 0 Å². The molecule has 0 bridgehead atoms. The Kier molecular flexibility index (Phi) is 5.65. The Morgan fingerprint density at radius 1 is 1.22 bits per heavy atom. The van der Waals surface area contributed by atoms with Crippen molar-refractivity contribution >= 4 is 11.8 Å². The first-order valence-corrected chi connectivity index (χ1v) is 7.59. The fourth-order valence-electron chi connectivity index (χ4n) is 2.60. The molecule has 0 aromatic heterocycles. The predicted molar refractivity (Wildman–Crippen MR) is 79.8 cm³/mol. The summed E-state index contributed by atoms with van der Waals surface area (Å²) in [6.45, 7) is -0.535. The molecule has 0 saturated heterocycles. The van der Waals surface area contributed by atoms with Gasteiger partial charge in [-0.2, -0.15) is 8.78 Å². The Labute approximate surface area is 133 Å². The molecular weight excluding hydrogens is 306 g/mol. The van der Waals surface area contributed by atoms with Gasteiger partial charge in [0.2, 0.25) is 5.91 Å². The number of aliphatic hydroxyl groups is 1. The fourth-order valence-corrected chi connectivity index (χ4v) is 2.60. The Bertz CT molecular complexity index is 546. The lowest BCUT2D eigenvalue weighted by Crippen LogP contribution is -2.48. The number of benzene rings is 1. The molecular formula is C16H20F2N2O3. The number of carbonyl (C=O) groups excluding carboxylic acids is 2. The Morgan fingerprint density at radius 3 is 2.43 bits per heavy atom. The average Bonchev–Trinajstić information content (AvgIpc) is 3.05. The van der Waals surface area contributed by atoms with Crippen LogP contribution in [-0.4, -0.2) is 35.4 Å². The molecule has 1 atom stereocenters. The maximum atomic E-state index is 14.0. The molecule has 0 radical (unpaired) electrons. The van der Waals surface area contributed by atoms with Crippen LogP contribution in [0, 0.1) is 0 Å². The van der Waals surface area contributed by atoms with Crippen molar-refractivity contribution in [1.82, 2.24) is 10.6 Å². The molecule has 7 heteroatoms. The van der Waals surface area contributed by atoms with Crippen LogP contribution in [0.1, 0.15) is 37.4 Å². The van der Waals surface area contributed by atoms with Crippen molar-refractivity contribution in [2.75, 3.05) is 6.54 Å². The number of nitrogens with one attached hydrogen (secondary N) is 2. The largest absolute Gasteiger partial charge is 0.381 e. The van der Waals surface area contributed by atoms with Crippen molar-refractivity contribution < 1.29 is 23.5 Å². The van der Waals surface area contributed by atoms with Gasteiger partial charge in [0.15, 0.2) is 6.10 Å². The fraction of sp³-hybridized carbons (Fsp3) is 0.500. The molecule has 126 valence electrons. The van der Waals surface area contributed by atoms with Crippen molar-refractivity contribution in [2.24, 2.45) is 0 Å². The smallest absolute Gasteiger partial charge is 0.353 e. The van der Waals surface area contributed by atoms with Gasteiger partial charge in [-0.1, -0.05) is 43.2 Å². The second kappa shape index (κ2) is 7.50. The third-order valence-electron chi connectivity index (χ3n) is 3.89. The number of hydrogen-bond donors (Lipinski definition) is 3. The molecule has 1 aliphatic rings. The van der Waals surface area contributed by atoms with E-state index in [1.165, 1.54) is 24.3 Å². The van der Waals surface area contributed by atoms with E-state index in [9.17, 15) is 23.5 Å². The number of amides is 2. The van der Waals surface area contributed by atoms with Gasteiger partial charge in [-0.25, -0.2) is 0 Å².